The van der Waals surface area contributed by atoms with Crippen molar-refractivity contribution in [1.29, 1.82) is 0 Å². The molecule has 3 aromatic carbocycles. The Labute approximate surface area is 231 Å². The SMILES string of the molecule is COc1ccc(C(O)C(=O)NC(Cc2cc(F)cc(F)c2)C(O)CNCc2cccc(I)c2)cc1[N+](=O)[O-]. The Morgan fingerprint density at radius 2 is 1.79 bits per heavy atom. The Bertz CT molecular complexity index is 1280. The lowest BCUT2D eigenvalue weighted by Gasteiger charge is -2.26. The standard InChI is InChI=1S/C26H26F2IN3O6/c1-38-24-6-5-17(11-22(24)32(36)37)25(34)26(35)31-21(10-16-7-18(27)12-19(28)8-16)23(33)14-30-13-15-3-2-4-20(29)9-15/h2-9,11-12,21,23,25,30,33-34H,10,13-14H2,1H3,(H,31,35). The summed E-state index contributed by atoms with van der Waals surface area (Å²) in [4.78, 5) is 23.5. The Kier molecular flexibility index (Phi) is 10.5. The molecule has 0 spiro atoms. The van der Waals surface area contributed by atoms with Crippen molar-refractivity contribution in [3.63, 3.8) is 0 Å². The minimum atomic E-state index is -1.82. The number of carbonyl (C=O) groups excluding carboxylic acids is 1. The summed E-state index contributed by atoms with van der Waals surface area (Å²) in [6.07, 6.45) is -3.19. The van der Waals surface area contributed by atoms with Crippen LogP contribution < -0.4 is 15.4 Å². The van der Waals surface area contributed by atoms with Gasteiger partial charge in [-0.25, -0.2) is 8.78 Å². The van der Waals surface area contributed by atoms with Crippen molar-refractivity contribution in [3.8, 4) is 5.75 Å². The number of hydrogen-bond acceptors (Lipinski definition) is 7. The van der Waals surface area contributed by atoms with Crippen LogP contribution in [0.3, 0.4) is 0 Å². The van der Waals surface area contributed by atoms with Crippen LogP contribution in [0.2, 0.25) is 0 Å². The van der Waals surface area contributed by atoms with E-state index in [1.165, 1.54) is 19.2 Å². The minimum absolute atomic E-state index is 0.0122. The smallest absolute Gasteiger partial charge is 0.311 e. The summed E-state index contributed by atoms with van der Waals surface area (Å²) in [7, 11) is 1.25. The topological polar surface area (TPSA) is 134 Å². The van der Waals surface area contributed by atoms with E-state index in [0.29, 0.717) is 12.6 Å². The summed E-state index contributed by atoms with van der Waals surface area (Å²) in [5.41, 5.74) is 0.632. The predicted octanol–water partition coefficient (Wildman–Crippen LogP) is 3.40. The van der Waals surface area contributed by atoms with Crippen LogP contribution in [0.5, 0.6) is 5.75 Å². The fourth-order valence-corrected chi connectivity index (χ4v) is 4.46. The first-order valence-electron chi connectivity index (χ1n) is 11.5. The summed E-state index contributed by atoms with van der Waals surface area (Å²) in [6, 6.07) is 13.1. The van der Waals surface area contributed by atoms with Gasteiger partial charge >= 0.3 is 5.69 Å². The van der Waals surface area contributed by atoms with E-state index < -0.39 is 46.4 Å². The average molecular weight is 641 g/mol. The zero-order valence-electron chi connectivity index (χ0n) is 20.2. The molecule has 0 aliphatic carbocycles. The van der Waals surface area contributed by atoms with Crippen molar-refractivity contribution >= 4 is 34.2 Å². The molecular weight excluding hydrogens is 615 g/mol. The predicted molar refractivity (Wildman–Crippen MR) is 143 cm³/mol. The van der Waals surface area contributed by atoms with E-state index in [1.807, 2.05) is 24.3 Å². The first-order chi connectivity index (χ1) is 18.1. The highest BCUT2D eigenvalue weighted by atomic mass is 127. The van der Waals surface area contributed by atoms with Gasteiger partial charge in [0.15, 0.2) is 11.9 Å². The molecule has 0 aliphatic heterocycles. The van der Waals surface area contributed by atoms with Crippen LogP contribution in [0.4, 0.5) is 14.5 Å². The second-order valence-corrected chi connectivity index (χ2v) is 9.76. The Morgan fingerprint density at radius 1 is 1.08 bits per heavy atom. The van der Waals surface area contributed by atoms with Gasteiger partial charge in [0.1, 0.15) is 11.6 Å². The molecule has 4 N–H and O–H groups in total. The molecular formula is C26H26F2IN3O6. The molecule has 0 radical (unpaired) electrons. The number of hydrogen-bond donors (Lipinski definition) is 4. The number of amides is 1. The quantitative estimate of drug-likeness (QED) is 0.135. The molecule has 3 rings (SSSR count). The minimum Gasteiger partial charge on any atom is -0.490 e. The molecule has 3 atom stereocenters. The molecule has 3 aromatic rings. The lowest BCUT2D eigenvalue weighted by atomic mass is 9.99. The maximum atomic E-state index is 13.8. The van der Waals surface area contributed by atoms with E-state index in [2.05, 4.69) is 33.2 Å². The van der Waals surface area contributed by atoms with E-state index in [0.717, 1.165) is 27.3 Å². The number of rotatable bonds is 12. The third kappa shape index (κ3) is 8.15. The van der Waals surface area contributed by atoms with E-state index in [9.17, 15) is 33.9 Å². The summed E-state index contributed by atoms with van der Waals surface area (Å²) in [5.74, 6) is -2.64. The third-order valence-electron chi connectivity index (χ3n) is 5.71. The van der Waals surface area contributed by atoms with Crippen molar-refractivity contribution < 1.29 is 33.4 Å². The number of nitrogens with zero attached hydrogens (tertiary/aromatic N) is 1. The maximum absolute atomic E-state index is 13.8. The van der Waals surface area contributed by atoms with Crippen LogP contribution >= 0.6 is 22.6 Å². The van der Waals surface area contributed by atoms with Crippen molar-refractivity contribution in [2.24, 2.45) is 0 Å². The number of benzene rings is 3. The number of carbonyl (C=O) groups is 1. The monoisotopic (exact) mass is 641 g/mol. The van der Waals surface area contributed by atoms with E-state index >= 15 is 0 Å². The van der Waals surface area contributed by atoms with Crippen LogP contribution in [0.25, 0.3) is 0 Å². The molecule has 0 saturated heterocycles. The summed E-state index contributed by atoms with van der Waals surface area (Å²) in [6.45, 7) is 0.430. The first-order valence-corrected chi connectivity index (χ1v) is 12.5. The van der Waals surface area contributed by atoms with Crippen LogP contribution in [-0.2, 0) is 17.8 Å². The van der Waals surface area contributed by atoms with Gasteiger partial charge in [-0.3, -0.25) is 14.9 Å². The number of aliphatic hydroxyl groups is 2. The number of methoxy groups -OCH3 is 1. The normalized spacial score (nSPS) is 13.4. The largest absolute Gasteiger partial charge is 0.490 e. The van der Waals surface area contributed by atoms with Crippen molar-refractivity contribution in [2.45, 2.75) is 31.2 Å². The summed E-state index contributed by atoms with van der Waals surface area (Å²) < 4.78 is 33.5. The molecule has 202 valence electrons. The molecule has 3 unspecified atom stereocenters. The van der Waals surface area contributed by atoms with E-state index in [-0.39, 0.29) is 29.8 Å². The van der Waals surface area contributed by atoms with Gasteiger partial charge in [-0.05, 0) is 76.0 Å². The molecule has 0 bridgehead atoms. The van der Waals surface area contributed by atoms with Gasteiger partial charge in [0.2, 0.25) is 0 Å². The Balaban J connectivity index is 1.77. The van der Waals surface area contributed by atoms with Gasteiger partial charge in [-0.2, -0.15) is 0 Å². The second-order valence-electron chi connectivity index (χ2n) is 8.52. The fourth-order valence-electron chi connectivity index (χ4n) is 3.85. The first kappa shape index (κ1) is 29.4. The maximum Gasteiger partial charge on any atom is 0.311 e. The van der Waals surface area contributed by atoms with Gasteiger partial charge in [0, 0.05) is 28.8 Å². The van der Waals surface area contributed by atoms with E-state index in [1.54, 1.807) is 0 Å². The van der Waals surface area contributed by atoms with Gasteiger partial charge in [0.05, 0.1) is 24.2 Å². The molecule has 9 nitrogen and oxygen atoms in total. The zero-order chi connectivity index (χ0) is 27.8. The van der Waals surface area contributed by atoms with E-state index in [4.69, 9.17) is 4.74 Å². The van der Waals surface area contributed by atoms with Gasteiger partial charge < -0.3 is 25.6 Å². The molecule has 0 aliphatic rings. The third-order valence-corrected chi connectivity index (χ3v) is 6.38. The lowest BCUT2D eigenvalue weighted by molar-refractivity contribution is -0.385. The average Bonchev–Trinajstić information content (AvgIpc) is 2.86. The van der Waals surface area contributed by atoms with Gasteiger partial charge in [-0.15, -0.1) is 0 Å². The number of halogens is 3. The molecule has 1 amide bonds. The number of nitro groups is 1. The summed E-state index contributed by atoms with van der Waals surface area (Å²) in [5, 5.41) is 38.4. The second kappa shape index (κ2) is 13.6. The molecule has 0 aromatic heterocycles. The Hall–Kier alpha value is -3.20. The van der Waals surface area contributed by atoms with Gasteiger partial charge in [0.25, 0.3) is 5.91 Å². The Morgan fingerprint density at radius 3 is 2.42 bits per heavy atom. The summed E-state index contributed by atoms with van der Waals surface area (Å²) >= 11 is 2.18. The number of aliphatic hydroxyl groups excluding tert-OH is 2. The van der Waals surface area contributed by atoms with Crippen LogP contribution in [0.15, 0.2) is 60.7 Å². The zero-order valence-corrected chi connectivity index (χ0v) is 22.4. The van der Waals surface area contributed by atoms with Crippen molar-refractivity contribution in [3.05, 3.63) is 103 Å². The number of ether oxygens (including phenoxy) is 1. The number of nitro benzene ring substituents is 1. The molecule has 0 fully saturated rings. The molecule has 0 saturated carbocycles. The van der Waals surface area contributed by atoms with Crippen LogP contribution in [0, 0.1) is 25.3 Å². The number of nitrogens with one attached hydrogen (secondary N) is 2. The van der Waals surface area contributed by atoms with Crippen LogP contribution in [-0.4, -0.2) is 46.8 Å². The van der Waals surface area contributed by atoms with Gasteiger partial charge in [-0.1, -0.05) is 18.2 Å². The fraction of sp³-hybridized carbons (Fsp3) is 0.269. The lowest BCUT2D eigenvalue weighted by Crippen LogP contribution is -2.50. The highest BCUT2D eigenvalue weighted by molar-refractivity contribution is 14.1. The highest BCUT2D eigenvalue weighted by Crippen LogP contribution is 2.30. The van der Waals surface area contributed by atoms with Crippen LogP contribution in [0.1, 0.15) is 22.8 Å². The van der Waals surface area contributed by atoms with Crippen molar-refractivity contribution in [2.75, 3.05) is 13.7 Å². The van der Waals surface area contributed by atoms with Crippen molar-refractivity contribution in [1.82, 2.24) is 10.6 Å². The molecule has 38 heavy (non-hydrogen) atoms. The molecule has 0 heterocycles. The highest BCUT2D eigenvalue weighted by Gasteiger charge is 2.28. The molecule has 12 heteroatoms.